The summed E-state index contributed by atoms with van der Waals surface area (Å²) in [6.45, 7) is 5.21. The molecule has 0 aliphatic rings. The highest BCUT2D eigenvalue weighted by molar-refractivity contribution is 5.79. The minimum atomic E-state index is 0.158. The monoisotopic (exact) mass is 352 g/mol. The number of aliphatic imine (C=N–C) groups is 1. The van der Waals surface area contributed by atoms with Gasteiger partial charge in [-0.05, 0) is 43.7 Å². The third-order valence-corrected chi connectivity index (χ3v) is 3.75. The Hall–Kier alpha value is -3.09. The van der Waals surface area contributed by atoms with E-state index in [1.54, 1.807) is 7.05 Å². The fourth-order valence-electron chi connectivity index (χ4n) is 2.58. The third kappa shape index (κ3) is 4.50. The summed E-state index contributed by atoms with van der Waals surface area (Å²) in [6.07, 6.45) is 2.11. The molecule has 1 aromatic carbocycles. The van der Waals surface area contributed by atoms with Crippen LogP contribution in [-0.2, 0) is 13.1 Å². The molecule has 0 bridgehead atoms. The summed E-state index contributed by atoms with van der Waals surface area (Å²) in [5.74, 6) is 2.40. The van der Waals surface area contributed by atoms with Crippen LogP contribution in [0.5, 0.6) is 5.75 Å². The molecule has 3 aromatic rings. The van der Waals surface area contributed by atoms with Crippen molar-refractivity contribution in [1.82, 2.24) is 25.2 Å². The average Bonchev–Trinajstić information content (AvgIpc) is 3.05. The lowest BCUT2D eigenvalue weighted by molar-refractivity contribution is 0.242. The van der Waals surface area contributed by atoms with Crippen molar-refractivity contribution in [2.24, 2.45) is 4.99 Å². The standard InChI is InChI=1S/C19H24N6O/c1-14(2)26-16-8-6-7-15(11-16)12-21-19(20-3)22-13-18-24-23-17-9-4-5-10-25(17)18/h4-11,14H,12-13H2,1-3H3,(H2,20,21,22). The third-order valence-electron chi connectivity index (χ3n) is 3.75. The minimum absolute atomic E-state index is 0.158. The van der Waals surface area contributed by atoms with Crippen LogP contribution in [0.2, 0.25) is 0 Å². The molecular formula is C19H24N6O. The van der Waals surface area contributed by atoms with Gasteiger partial charge in [0.25, 0.3) is 0 Å². The molecule has 0 fully saturated rings. The average molecular weight is 352 g/mol. The number of nitrogens with zero attached hydrogens (tertiary/aromatic N) is 4. The Kier molecular flexibility index (Phi) is 5.68. The van der Waals surface area contributed by atoms with E-state index in [9.17, 15) is 0 Å². The van der Waals surface area contributed by atoms with Crippen LogP contribution in [-0.4, -0.2) is 33.7 Å². The lowest BCUT2D eigenvalue weighted by Crippen LogP contribution is -2.36. The fraction of sp³-hybridized carbons (Fsp3) is 0.316. The van der Waals surface area contributed by atoms with E-state index in [4.69, 9.17) is 4.74 Å². The van der Waals surface area contributed by atoms with Crippen molar-refractivity contribution in [2.45, 2.75) is 33.0 Å². The molecule has 7 heteroatoms. The van der Waals surface area contributed by atoms with Crippen LogP contribution in [0.15, 0.2) is 53.7 Å². The van der Waals surface area contributed by atoms with Crippen LogP contribution in [0.3, 0.4) is 0 Å². The number of guanidine groups is 1. The van der Waals surface area contributed by atoms with Gasteiger partial charge in [-0.25, -0.2) is 0 Å². The quantitative estimate of drug-likeness (QED) is 0.526. The van der Waals surface area contributed by atoms with E-state index in [-0.39, 0.29) is 6.10 Å². The van der Waals surface area contributed by atoms with Gasteiger partial charge in [0.15, 0.2) is 17.4 Å². The second-order valence-corrected chi connectivity index (χ2v) is 6.14. The SMILES string of the molecule is CN=C(NCc1cccc(OC(C)C)c1)NCc1nnc2ccccn12. The highest BCUT2D eigenvalue weighted by Crippen LogP contribution is 2.14. The number of nitrogens with one attached hydrogen (secondary N) is 2. The summed E-state index contributed by atoms with van der Waals surface area (Å²) in [5, 5.41) is 14.9. The second-order valence-electron chi connectivity index (χ2n) is 6.14. The van der Waals surface area contributed by atoms with Crippen LogP contribution in [0.1, 0.15) is 25.2 Å². The lowest BCUT2D eigenvalue weighted by Gasteiger charge is -2.13. The van der Waals surface area contributed by atoms with Crippen molar-refractivity contribution in [3.05, 3.63) is 60.0 Å². The summed E-state index contributed by atoms with van der Waals surface area (Å²) in [4.78, 5) is 4.26. The molecule has 0 radical (unpaired) electrons. The molecule has 0 atom stereocenters. The van der Waals surface area contributed by atoms with E-state index in [0.29, 0.717) is 19.0 Å². The van der Waals surface area contributed by atoms with E-state index in [0.717, 1.165) is 22.8 Å². The lowest BCUT2D eigenvalue weighted by atomic mass is 10.2. The maximum Gasteiger partial charge on any atom is 0.191 e. The van der Waals surface area contributed by atoms with Crippen molar-refractivity contribution in [2.75, 3.05) is 7.05 Å². The summed E-state index contributed by atoms with van der Waals surface area (Å²) < 4.78 is 7.69. The highest BCUT2D eigenvalue weighted by Gasteiger charge is 2.06. The van der Waals surface area contributed by atoms with Gasteiger partial charge in [-0.15, -0.1) is 10.2 Å². The molecule has 0 spiro atoms. The van der Waals surface area contributed by atoms with Gasteiger partial charge in [0, 0.05) is 19.8 Å². The molecule has 7 nitrogen and oxygen atoms in total. The van der Waals surface area contributed by atoms with Crippen LogP contribution < -0.4 is 15.4 Å². The smallest absolute Gasteiger partial charge is 0.191 e. The summed E-state index contributed by atoms with van der Waals surface area (Å²) in [6, 6.07) is 13.9. The Bertz CT molecular complexity index is 886. The minimum Gasteiger partial charge on any atom is -0.491 e. The molecule has 2 N–H and O–H groups in total. The number of ether oxygens (including phenoxy) is 1. The Morgan fingerprint density at radius 3 is 2.77 bits per heavy atom. The van der Waals surface area contributed by atoms with Gasteiger partial charge in [-0.2, -0.15) is 0 Å². The number of benzene rings is 1. The van der Waals surface area contributed by atoms with Crippen LogP contribution >= 0.6 is 0 Å². The molecule has 0 unspecified atom stereocenters. The molecule has 26 heavy (non-hydrogen) atoms. The highest BCUT2D eigenvalue weighted by atomic mass is 16.5. The van der Waals surface area contributed by atoms with E-state index < -0.39 is 0 Å². The largest absolute Gasteiger partial charge is 0.491 e. The predicted octanol–water partition coefficient (Wildman–Crippen LogP) is 2.38. The molecule has 0 aliphatic heterocycles. The first-order chi connectivity index (χ1) is 12.7. The summed E-state index contributed by atoms with van der Waals surface area (Å²) in [7, 11) is 1.75. The molecule has 2 aromatic heterocycles. The van der Waals surface area contributed by atoms with Gasteiger partial charge in [0.2, 0.25) is 0 Å². The summed E-state index contributed by atoms with van der Waals surface area (Å²) in [5.41, 5.74) is 1.95. The number of fused-ring (bicyclic) bond motifs is 1. The number of aromatic nitrogens is 3. The Morgan fingerprint density at radius 1 is 1.12 bits per heavy atom. The number of hydrogen-bond donors (Lipinski definition) is 2. The van der Waals surface area contributed by atoms with E-state index in [2.05, 4.69) is 31.9 Å². The predicted molar refractivity (Wildman–Crippen MR) is 102 cm³/mol. The Labute approximate surface area is 153 Å². The Balaban J connectivity index is 1.57. The Morgan fingerprint density at radius 2 is 1.96 bits per heavy atom. The van der Waals surface area contributed by atoms with Gasteiger partial charge < -0.3 is 15.4 Å². The first-order valence-corrected chi connectivity index (χ1v) is 8.64. The second kappa shape index (κ2) is 8.33. The normalized spacial score (nSPS) is 11.8. The van der Waals surface area contributed by atoms with E-state index >= 15 is 0 Å². The fourth-order valence-corrected chi connectivity index (χ4v) is 2.58. The molecule has 2 heterocycles. The topological polar surface area (TPSA) is 75.8 Å². The molecule has 0 amide bonds. The zero-order valence-electron chi connectivity index (χ0n) is 15.3. The van der Waals surface area contributed by atoms with E-state index in [1.807, 2.05) is 60.8 Å². The molecule has 0 aliphatic carbocycles. The molecule has 0 saturated carbocycles. The molecule has 3 rings (SSSR count). The molecule has 0 saturated heterocycles. The maximum atomic E-state index is 5.73. The van der Waals surface area contributed by atoms with Crippen molar-refractivity contribution in [1.29, 1.82) is 0 Å². The zero-order valence-corrected chi connectivity index (χ0v) is 15.3. The molecule has 136 valence electrons. The van der Waals surface area contributed by atoms with Crippen molar-refractivity contribution in [3.8, 4) is 5.75 Å². The van der Waals surface area contributed by atoms with Gasteiger partial charge in [0.05, 0.1) is 12.6 Å². The number of pyridine rings is 1. The summed E-state index contributed by atoms with van der Waals surface area (Å²) >= 11 is 0. The van der Waals surface area contributed by atoms with Crippen LogP contribution in [0.25, 0.3) is 5.65 Å². The van der Waals surface area contributed by atoms with Crippen LogP contribution in [0.4, 0.5) is 0 Å². The zero-order chi connectivity index (χ0) is 18.4. The van der Waals surface area contributed by atoms with Crippen molar-refractivity contribution < 1.29 is 4.74 Å². The van der Waals surface area contributed by atoms with Gasteiger partial charge in [-0.1, -0.05) is 18.2 Å². The van der Waals surface area contributed by atoms with Gasteiger partial charge in [0.1, 0.15) is 5.75 Å². The van der Waals surface area contributed by atoms with E-state index in [1.165, 1.54) is 0 Å². The number of rotatable bonds is 6. The van der Waals surface area contributed by atoms with Gasteiger partial charge >= 0.3 is 0 Å². The maximum absolute atomic E-state index is 5.73. The first-order valence-electron chi connectivity index (χ1n) is 8.64. The van der Waals surface area contributed by atoms with Crippen molar-refractivity contribution in [3.63, 3.8) is 0 Å². The van der Waals surface area contributed by atoms with Crippen molar-refractivity contribution >= 4 is 11.6 Å². The first kappa shape index (κ1) is 17.7. The van der Waals surface area contributed by atoms with Crippen LogP contribution in [0, 0.1) is 0 Å². The van der Waals surface area contributed by atoms with Gasteiger partial charge in [-0.3, -0.25) is 9.39 Å². The number of hydrogen-bond acceptors (Lipinski definition) is 4. The molecular weight excluding hydrogens is 328 g/mol.